The number of imidazole rings is 1. The van der Waals surface area contributed by atoms with Crippen LogP contribution in [-0.4, -0.2) is 18.9 Å². The molecule has 0 radical (unpaired) electrons. The van der Waals surface area contributed by atoms with Crippen LogP contribution in [0.15, 0.2) is 158 Å². The number of hydrogen-bond donors (Lipinski definition) is 0. The molecule has 0 fully saturated rings. The van der Waals surface area contributed by atoms with Crippen LogP contribution in [0.2, 0.25) is 0 Å². The topological polar surface area (TPSA) is 44.3 Å². The molecule has 6 aromatic carbocycles. The molecule has 238 valence electrons. The van der Waals surface area contributed by atoms with Gasteiger partial charge in [0.2, 0.25) is 0 Å². The zero-order chi connectivity index (χ0) is 32.3. The molecule has 0 aliphatic carbocycles. The number of hydrogen-bond acceptors (Lipinski definition) is 3. The van der Waals surface area contributed by atoms with Gasteiger partial charge in [-0.15, -0.1) is 29.7 Å². The molecular weight excluding hydrogens is 796 g/mol. The molecule has 10 aromatic rings. The fourth-order valence-corrected chi connectivity index (χ4v) is 7.12. The van der Waals surface area contributed by atoms with Crippen LogP contribution in [0.4, 0.5) is 0 Å². The quantitative estimate of drug-likeness (QED) is 0.128. The monoisotopic (exact) mass is 821 g/mol. The maximum Gasteiger partial charge on any atom is 2.00 e. The molecule has 0 amide bonds. The standard InChI is InChI=1S/C44H26N4O.Pt/c1-3-11-29(12-4-1)31-25-37(30-13-5-2-6-14-30)43-36-21-19-32(27-38(36)44-46-23-24-47(44)41(43)26-31)49-33-18-20-35-34-15-7-8-16-39(34)48(40(35)28-33)42-17-9-10-22-45-42;/h1-26H;/q-2;+2. The van der Waals surface area contributed by atoms with Crippen molar-refractivity contribution in [2.24, 2.45) is 0 Å². The van der Waals surface area contributed by atoms with Crippen molar-refractivity contribution in [2.45, 2.75) is 0 Å². The smallest absolute Gasteiger partial charge is 0.503 e. The van der Waals surface area contributed by atoms with E-state index in [0.29, 0.717) is 11.5 Å². The minimum Gasteiger partial charge on any atom is -0.503 e. The molecule has 4 heterocycles. The van der Waals surface area contributed by atoms with E-state index in [1.54, 1.807) is 0 Å². The Labute approximate surface area is 302 Å². The summed E-state index contributed by atoms with van der Waals surface area (Å²) in [6, 6.07) is 55.3. The van der Waals surface area contributed by atoms with Crippen LogP contribution in [0.3, 0.4) is 0 Å². The summed E-state index contributed by atoms with van der Waals surface area (Å²) in [6.45, 7) is 0. The molecule has 5 nitrogen and oxygen atoms in total. The van der Waals surface area contributed by atoms with Crippen LogP contribution < -0.4 is 4.74 Å². The number of nitrogens with zero attached hydrogens (tertiary/aromatic N) is 4. The predicted molar refractivity (Wildman–Crippen MR) is 197 cm³/mol. The van der Waals surface area contributed by atoms with Gasteiger partial charge in [0.15, 0.2) is 0 Å². The van der Waals surface area contributed by atoms with Gasteiger partial charge in [0.05, 0.1) is 5.65 Å². The summed E-state index contributed by atoms with van der Waals surface area (Å²) in [5.74, 6) is 2.02. The molecule has 0 unspecified atom stereocenters. The molecule has 0 aliphatic rings. The third-order valence-electron chi connectivity index (χ3n) is 9.28. The molecule has 0 aliphatic heterocycles. The van der Waals surface area contributed by atoms with E-state index in [-0.39, 0.29) is 21.1 Å². The second-order valence-electron chi connectivity index (χ2n) is 12.1. The molecule has 0 saturated carbocycles. The second-order valence-corrected chi connectivity index (χ2v) is 12.1. The molecule has 4 aromatic heterocycles. The van der Waals surface area contributed by atoms with Crippen LogP contribution in [-0.2, 0) is 21.1 Å². The Morgan fingerprint density at radius 3 is 2.06 bits per heavy atom. The summed E-state index contributed by atoms with van der Waals surface area (Å²) in [5, 5.41) is 5.32. The largest absolute Gasteiger partial charge is 2.00 e. The fraction of sp³-hybridized carbons (Fsp3) is 0. The first kappa shape index (κ1) is 30.1. The summed E-state index contributed by atoms with van der Waals surface area (Å²) < 4.78 is 10.8. The van der Waals surface area contributed by atoms with Crippen molar-refractivity contribution in [1.29, 1.82) is 0 Å². The summed E-state index contributed by atoms with van der Waals surface area (Å²) in [5.41, 5.74) is 8.51. The van der Waals surface area contributed by atoms with Crippen molar-refractivity contribution >= 4 is 49.1 Å². The van der Waals surface area contributed by atoms with Crippen LogP contribution in [0.25, 0.3) is 77.2 Å². The van der Waals surface area contributed by atoms with Crippen LogP contribution in [0.5, 0.6) is 11.5 Å². The van der Waals surface area contributed by atoms with Crippen molar-refractivity contribution in [2.75, 3.05) is 0 Å². The first-order valence-electron chi connectivity index (χ1n) is 16.2. The van der Waals surface area contributed by atoms with Crippen molar-refractivity contribution in [3.63, 3.8) is 0 Å². The van der Waals surface area contributed by atoms with Crippen molar-refractivity contribution < 1.29 is 25.8 Å². The third kappa shape index (κ3) is 4.81. The Morgan fingerprint density at radius 1 is 0.540 bits per heavy atom. The van der Waals surface area contributed by atoms with Gasteiger partial charge in [-0.1, -0.05) is 107 Å². The van der Waals surface area contributed by atoms with E-state index < -0.39 is 0 Å². The van der Waals surface area contributed by atoms with Crippen molar-refractivity contribution in [1.82, 2.24) is 18.9 Å². The summed E-state index contributed by atoms with van der Waals surface area (Å²) in [4.78, 5) is 9.47. The first-order valence-corrected chi connectivity index (χ1v) is 16.2. The van der Waals surface area contributed by atoms with E-state index in [4.69, 9.17) is 9.72 Å². The Hall–Kier alpha value is -6.03. The minimum atomic E-state index is 0. The maximum atomic E-state index is 6.53. The SMILES string of the molecule is [Pt+2].[c-]1c(Oc2[c-]c3c(cc2)c2ccccc2n3-c2ccccn2)ccc2c1c1nccn1c1cc(-c3ccccc3)cc(-c3ccccc3)c21. The average Bonchev–Trinajstić information content (AvgIpc) is 3.79. The summed E-state index contributed by atoms with van der Waals surface area (Å²) in [6.07, 6.45) is 5.69. The Bertz CT molecular complexity index is 2850. The van der Waals surface area contributed by atoms with Crippen molar-refractivity contribution in [3.05, 3.63) is 170 Å². The molecule has 10 rings (SSSR count). The number of pyridine rings is 2. The molecule has 0 N–H and O–H groups in total. The van der Waals surface area contributed by atoms with E-state index >= 15 is 0 Å². The van der Waals surface area contributed by atoms with E-state index in [1.807, 2.05) is 55.0 Å². The molecule has 0 bridgehead atoms. The van der Waals surface area contributed by atoms with Gasteiger partial charge in [-0.2, -0.15) is 6.07 Å². The van der Waals surface area contributed by atoms with Crippen molar-refractivity contribution in [3.8, 4) is 39.6 Å². The fourth-order valence-electron chi connectivity index (χ4n) is 7.12. The third-order valence-corrected chi connectivity index (χ3v) is 9.28. The average molecular weight is 822 g/mol. The number of aromatic nitrogens is 4. The predicted octanol–water partition coefficient (Wildman–Crippen LogP) is 10.9. The Kier molecular flexibility index (Phi) is 7.30. The summed E-state index contributed by atoms with van der Waals surface area (Å²) >= 11 is 0. The summed E-state index contributed by atoms with van der Waals surface area (Å²) in [7, 11) is 0. The van der Waals surface area contributed by atoms with Crippen LogP contribution in [0.1, 0.15) is 0 Å². The zero-order valence-corrected chi connectivity index (χ0v) is 28.8. The number of benzene rings is 6. The molecule has 0 atom stereocenters. The van der Waals surface area contributed by atoms with Gasteiger partial charge in [-0.05, 0) is 63.4 Å². The number of para-hydroxylation sites is 1. The van der Waals surface area contributed by atoms with Gasteiger partial charge in [-0.25, -0.2) is 4.98 Å². The van der Waals surface area contributed by atoms with E-state index in [0.717, 1.165) is 71.6 Å². The molecule has 0 saturated heterocycles. The van der Waals surface area contributed by atoms with E-state index in [2.05, 4.69) is 129 Å². The van der Waals surface area contributed by atoms with Gasteiger partial charge >= 0.3 is 21.1 Å². The number of fused-ring (bicyclic) bond motifs is 9. The molecule has 0 spiro atoms. The van der Waals surface area contributed by atoms with Gasteiger partial charge in [0, 0.05) is 41.1 Å². The minimum absolute atomic E-state index is 0. The Balaban J connectivity index is 0.00000336. The first-order chi connectivity index (χ1) is 24.3. The number of ether oxygens (including phenoxy) is 1. The molecule has 6 heteroatoms. The van der Waals surface area contributed by atoms with E-state index in [9.17, 15) is 0 Å². The van der Waals surface area contributed by atoms with Gasteiger partial charge in [0.1, 0.15) is 5.82 Å². The number of rotatable bonds is 5. The van der Waals surface area contributed by atoms with Gasteiger partial charge in [-0.3, -0.25) is 4.98 Å². The van der Waals surface area contributed by atoms with E-state index in [1.165, 1.54) is 5.56 Å². The van der Waals surface area contributed by atoms with Crippen LogP contribution in [0, 0.1) is 12.1 Å². The van der Waals surface area contributed by atoms with Gasteiger partial charge < -0.3 is 13.7 Å². The zero-order valence-electron chi connectivity index (χ0n) is 26.5. The second kappa shape index (κ2) is 12.1. The molecule has 50 heavy (non-hydrogen) atoms. The normalized spacial score (nSPS) is 11.4. The molecular formula is C44H26N4OPt. The maximum absolute atomic E-state index is 6.53. The Morgan fingerprint density at radius 2 is 1.26 bits per heavy atom. The van der Waals surface area contributed by atoms with Gasteiger partial charge in [0.25, 0.3) is 0 Å². The van der Waals surface area contributed by atoms with Crippen LogP contribution >= 0.6 is 0 Å².